The van der Waals surface area contributed by atoms with Crippen LogP contribution in [0.2, 0.25) is 0 Å². The number of carbonyl (C=O) groups is 1. The second-order valence-corrected chi connectivity index (χ2v) is 8.44. The molecule has 0 unspecified atom stereocenters. The zero-order valence-electron chi connectivity index (χ0n) is 19.6. The number of anilines is 1. The van der Waals surface area contributed by atoms with Crippen LogP contribution in [0, 0.1) is 17.7 Å². The summed E-state index contributed by atoms with van der Waals surface area (Å²) in [5.74, 6) is 4.65. The Morgan fingerprint density at radius 1 is 1.32 bits per heavy atom. The third-order valence-corrected chi connectivity index (χ3v) is 6.26. The number of fused-ring (bicyclic) bond motifs is 2. The fourth-order valence-electron chi connectivity index (χ4n) is 4.57. The number of rotatable bonds is 5. The van der Waals surface area contributed by atoms with E-state index in [2.05, 4.69) is 38.5 Å². The van der Waals surface area contributed by atoms with E-state index in [-0.39, 0.29) is 46.1 Å². The summed E-state index contributed by atoms with van der Waals surface area (Å²) in [4.78, 5) is 26.3. The molecule has 4 aromatic rings. The lowest BCUT2D eigenvalue weighted by Crippen LogP contribution is -2.37. The molecule has 1 fully saturated rings. The highest BCUT2D eigenvalue weighted by atomic mass is 19.3. The van der Waals surface area contributed by atoms with Gasteiger partial charge >= 0.3 is 6.55 Å². The van der Waals surface area contributed by atoms with Gasteiger partial charge in [-0.05, 0) is 24.5 Å². The van der Waals surface area contributed by atoms with E-state index >= 15 is 0 Å². The summed E-state index contributed by atoms with van der Waals surface area (Å²) in [6, 6.07) is 1.80. The van der Waals surface area contributed by atoms with Gasteiger partial charge in [0.05, 0.1) is 40.7 Å². The van der Waals surface area contributed by atoms with E-state index in [0.717, 1.165) is 12.4 Å². The number of likely N-dealkylation sites (tertiary alicyclic amines) is 1. The van der Waals surface area contributed by atoms with Crippen LogP contribution in [-0.2, 0) is 9.53 Å². The third kappa shape index (κ3) is 4.25. The van der Waals surface area contributed by atoms with Crippen molar-refractivity contribution in [3.05, 3.63) is 54.5 Å². The molecule has 0 radical (unpaired) electrons. The van der Waals surface area contributed by atoms with Gasteiger partial charge in [0.15, 0.2) is 5.65 Å². The van der Waals surface area contributed by atoms with Crippen LogP contribution in [-0.4, -0.2) is 66.4 Å². The number of benzene rings is 1. The Kier molecular flexibility index (Phi) is 6.26. The second-order valence-electron chi connectivity index (χ2n) is 8.44. The molecule has 37 heavy (non-hydrogen) atoms. The van der Waals surface area contributed by atoms with Crippen molar-refractivity contribution in [2.24, 2.45) is 0 Å². The number of ether oxygens (including phenoxy) is 1. The summed E-state index contributed by atoms with van der Waals surface area (Å²) in [5, 5.41) is 4.98. The van der Waals surface area contributed by atoms with Crippen molar-refractivity contribution in [1.29, 1.82) is 0 Å². The number of halogens is 3. The zero-order valence-corrected chi connectivity index (χ0v) is 19.6. The standard InChI is InChI=1S/C24H21F3N8O2/c1-3-20(36)33-9-14(7-15(33)10-37-2)35-23-21(22(28)29-11-30-23)17(32-35)5-4-13-6-18-19(8-16(13)25)34(12-31-18)24(26)27/h3,6,8,11-12,14-15,24H,1,7,9-10H2,2H3,(H2,28,29,30)/t14-,15+/m0/s1. The zero-order chi connectivity index (χ0) is 26.3. The summed E-state index contributed by atoms with van der Waals surface area (Å²) in [7, 11) is 1.56. The van der Waals surface area contributed by atoms with E-state index in [1.54, 1.807) is 16.7 Å². The van der Waals surface area contributed by atoms with E-state index in [1.165, 1.54) is 18.5 Å². The van der Waals surface area contributed by atoms with E-state index in [4.69, 9.17) is 10.5 Å². The highest BCUT2D eigenvalue weighted by molar-refractivity contribution is 5.91. The molecule has 10 nitrogen and oxygen atoms in total. The average molecular weight is 510 g/mol. The minimum atomic E-state index is -2.85. The first-order valence-corrected chi connectivity index (χ1v) is 11.2. The van der Waals surface area contributed by atoms with Crippen LogP contribution >= 0.6 is 0 Å². The Balaban J connectivity index is 1.56. The van der Waals surface area contributed by atoms with Crippen LogP contribution in [0.25, 0.3) is 22.1 Å². The Morgan fingerprint density at radius 3 is 2.86 bits per heavy atom. The molecule has 4 heterocycles. The van der Waals surface area contributed by atoms with E-state index in [1.807, 2.05) is 0 Å². The Labute approximate surface area is 208 Å². The molecule has 1 amide bonds. The Morgan fingerprint density at radius 2 is 2.14 bits per heavy atom. The number of amides is 1. The summed E-state index contributed by atoms with van der Waals surface area (Å²) >= 11 is 0. The van der Waals surface area contributed by atoms with Gasteiger partial charge < -0.3 is 15.4 Å². The topological polar surface area (TPSA) is 117 Å². The Bertz CT molecular complexity index is 1590. The highest BCUT2D eigenvalue weighted by Crippen LogP contribution is 2.32. The maximum absolute atomic E-state index is 14.7. The average Bonchev–Trinajstić information content (AvgIpc) is 3.58. The SMILES string of the molecule is C=CC(=O)N1C[C@@H](n2nc(C#Cc3cc4ncn(C(F)F)c4cc3F)c3c(N)ncnc32)C[C@@H]1COC. The fraction of sp³-hybridized carbons (Fsp3) is 0.292. The molecule has 2 atom stereocenters. The molecule has 0 saturated carbocycles. The number of nitrogens with zero attached hydrogens (tertiary/aromatic N) is 7. The minimum absolute atomic E-state index is 0.0455. The molecule has 2 N–H and O–H groups in total. The molecular weight excluding hydrogens is 489 g/mol. The molecule has 1 aromatic carbocycles. The van der Waals surface area contributed by atoms with Crippen molar-refractivity contribution in [2.75, 3.05) is 26.0 Å². The molecule has 13 heteroatoms. The van der Waals surface area contributed by atoms with Crippen LogP contribution in [0.4, 0.5) is 19.0 Å². The van der Waals surface area contributed by atoms with Gasteiger partial charge in [0.25, 0.3) is 0 Å². The molecule has 190 valence electrons. The van der Waals surface area contributed by atoms with Crippen LogP contribution < -0.4 is 5.73 Å². The predicted octanol–water partition coefficient (Wildman–Crippen LogP) is 2.67. The molecule has 1 saturated heterocycles. The van der Waals surface area contributed by atoms with E-state index < -0.39 is 12.4 Å². The summed E-state index contributed by atoms with van der Waals surface area (Å²) in [6.45, 7) is 1.39. The van der Waals surface area contributed by atoms with Crippen molar-refractivity contribution in [3.8, 4) is 11.8 Å². The molecule has 0 aliphatic carbocycles. The summed E-state index contributed by atoms with van der Waals surface area (Å²) < 4.78 is 48.4. The highest BCUT2D eigenvalue weighted by Gasteiger charge is 2.37. The molecule has 0 bridgehead atoms. The maximum atomic E-state index is 14.7. The van der Waals surface area contributed by atoms with E-state index in [9.17, 15) is 18.0 Å². The number of hydrogen-bond acceptors (Lipinski definition) is 7. The lowest BCUT2D eigenvalue weighted by molar-refractivity contribution is -0.127. The second kappa shape index (κ2) is 9.55. The molecule has 1 aliphatic rings. The van der Waals surface area contributed by atoms with Gasteiger partial charge in [-0.15, -0.1) is 0 Å². The molecule has 3 aromatic heterocycles. The van der Waals surface area contributed by atoms with Crippen molar-refractivity contribution in [3.63, 3.8) is 0 Å². The maximum Gasteiger partial charge on any atom is 0.320 e. The Hall–Kier alpha value is -4.44. The van der Waals surface area contributed by atoms with Gasteiger partial charge in [0.2, 0.25) is 5.91 Å². The van der Waals surface area contributed by atoms with Gasteiger partial charge in [0.1, 0.15) is 30.0 Å². The summed E-state index contributed by atoms with van der Waals surface area (Å²) in [5.41, 5.74) is 6.82. The van der Waals surface area contributed by atoms with Crippen LogP contribution in [0.1, 0.15) is 30.3 Å². The lowest BCUT2D eigenvalue weighted by Gasteiger charge is -2.22. The first-order chi connectivity index (χ1) is 17.8. The minimum Gasteiger partial charge on any atom is -0.383 e. The van der Waals surface area contributed by atoms with Gasteiger partial charge in [-0.1, -0.05) is 12.5 Å². The third-order valence-electron chi connectivity index (χ3n) is 6.26. The molecule has 5 rings (SSSR count). The number of nitrogens with two attached hydrogens (primary N) is 1. The number of alkyl halides is 2. The van der Waals surface area contributed by atoms with Gasteiger partial charge in [0, 0.05) is 19.7 Å². The van der Waals surface area contributed by atoms with Crippen molar-refractivity contribution >= 4 is 33.8 Å². The van der Waals surface area contributed by atoms with Gasteiger partial charge in [-0.3, -0.25) is 9.36 Å². The number of carbonyl (C=O) groups excluding carboxylic acids is 1. The number of aromatic nitrogens is 6. The fourth-order valence-corrected chi connectivity index (χ4v) is 4.57. The first-order valence-electron chi connectivity index (χ1n) is 11.2. The molecule has 1 aliphatic heterocycles. The molecule has 0 spiro atoms. The number of nitrogen functional groups attached to an aromatic ring is 1. The van der Waals surface area contributed by atoms with E-state index in [0.29, 0.717) is 35.2 Å². The smallest absolute Gasteiger partial charge is 0.320 e. The monoisotopic (exact) mass is 510 g/mol. The van der Waals surface area contributed by atoms with Crippen LogP contribution in [0.15, 0.2) is 37.4 Å². The summed E-state index contributed by atoms with van der Waals surface area (Å²) in [6.07, 6.45) is 4.03. The number of hydrogen-bond donors (Lipinski definition) is 1. The van der Waals surface area contributed by atoms with Crippen LogP contribution in [0.3, 0.4) is 0 Å². The first kappa shape index (κ1) is 24.3. The van der Waals surface area contributed by atoms with Crippen LogP contribution in [0.5, 0.6) is 0 Å². The van der Waals surface area contributed by atoms with Gasteiger partial charge in [-0.2, -0.15) is 13.9 Å². The number of imidazole rings is 1. The number of methoxy groups -OCH3 is 1. The quantitative estimate of drug-likeness (QED) is 0.324. The lowest BCUT2D eigenvalue weighted by atomic mass is 10.1. The largest absolute Gasteiger partial charge is 0.383 e. The molecular formula is C24H21F3N8O2. The van der Waals surface area contributed by atoms with Crippen molar-refractivity contribution < 1.29 is 22.7 Å². The van der Waals surface area contributed by atoms with Gasteiger partial charge in [-0.25, -0.2) is 24.0 Å². The normalized spacial score (nSPS) is 17.5. The van der Waals surface area contributed by atoms with Crippen molar-refractivity contribution in [1.82, 2.24) is 34.2 Å². The predicted molar refractivity (Wildman–Crippen MR) is 128 cm³/mol. The van der Waals surface area contributed by atoms with Crippen molar-refractivity contribution in [2.45, 2.75) is 25.1 Å².